The first-order valence-corrected chi connectivity index (χ1v) is 16.6. The molecule has 10 heteroatoms. The Hall–Kier alpha value is -3.79. The summed E-state index contributed by atoms with van der Waals surface area (Å²) in [6, 6.07) is 6.05. The van der Waals surface area contributed by atoms with Gasteiger partial charge in [0.25, 0.3) is 0 Å². The van der Waals surface area contributed by atoms with E-state index in [1.807, 2.05) is 30.9 Å². The maximum absolute atomic E-state index is 14.1. The van der Waals surface area contributed by atoms with Crippen LogP contribution in [0.1, 0.15) is 82.9 Å². The summed E-state index contributed by atoms with van der Waals surface area (Å²) >= 11 is 0. The second-order valence-electron chi connectivity index (χ2n) is 13.2. The molecule has 1 saturated carbocycles. The summed E-state index contributed by atoms with van der Waals surface area (Å²) in [6.45, 7) is 6.56. The molecule has 3 N–H and O–H groups in total. The smallest absolute Gasteiger partial charge is 0.245 e. The van der Waals surface area contributed by atoms with Crippen molar-refractivity contribution in [1.29, 1.82) is 0 Å². The van der Waals surface area contributed by atoms with Gasteiger partial charge in [0.05, 0.1) is 38.7 Å². The molecule has 2 fully saturated rings. The molecule has 2 amide bonds. The molecule has 1 saturated heterocycles. The van der Waals surface area contributed by atoms with Gasteiger partial charge in [0.1, 0.15) is 6.04 Å². The minimum atomic E-state index is -0.685. The summed E-state index contributed by atoms with van der Waals surface area (Å²) in [7, 11) is 4.69. The average Bonchev–Trinajstić information content (AvgIpc) is 3.29. The van der Waals surface area contributed by atoms with Gasteiger partial charge in [0, 0.05) is 31.5 Å². The van der Waals surface area contributed by atoms with E-state index in [-0.39, 0.29) is 29.1 Å². The number of hydrogen-bond acceptors (Lipinski definition) is 8. The normalized spacial score (nSPS) is 23.4. The minimum Gasteiger partial charge on any atom is -0.493 e. The van der Waals surface area contributed by atoms with E-state index in [1.54, 1.807) is 33.5 Å². The largest absolute Gasteiger partial charge is 0.493 e. The Morgan fingerprint density at radius 1 is 1.07 bits per heavy atom. The summed E-state index contributed by atoms with van der Waals surface area (Å²) in [5, 5.41) is 17.6. The van der Waals surface area contributed by atoms with E-state index in [4.69, 9.17) is 14.2 Å². The number of amides is 2. The van der Waals surface area contributed by atoms with Gasteiger partial charge in [-0.05, 0) is 72.9 Å². The number of nitrogens with zero attached hydrogens (tertiary/aromatic N) is 1. The van der Waals surface area contributed by atoms with Crippen molar-refractivity contribution in [3.05, 3.63) is 45.6 Å². The lowest BCUT2D eigenvalue weighted by Crippen LogP contribution is -2.57. The number of aryl methyl sites for hydroxylation is 1. The van der Waals surface area contributed by atoms with Crippen molar-refractivity contribution in [2.45, 2.75) is 89.8 Å². The zero-order chi connectivity index (χ0) is 33.2. The summed E-state index contributed by atoms with van der Waals surface area (Å²) in [5.74, 6) is 1.23. The van der Waals surface area contributed by atoms with Crippen LogP contribution in [0, 0.1) is 11.8 Å². The topological polar surface area (TPSA) is 126 Å². The maximum Gasteiger partial charge on any atom is 0.245 e. The van der Waals surface area contributed by atoms with Crippen LogP contribution >= 0.6 is 0 Å². The van der Waals surface area contributed by atoms with Crippen LogP contribution in [0.3, 0.4) is 0 Å². The standard InChI is InChI=1S/C36H49N3O7/c1-7-21(2)32(35(42)39-17-16-36(43)15-9-8-10-24(36)20-39)38-28-14-12-25-26(19-29(28)41)27(37-22(3)40)13-11-23-18-30(44-4)33(45-5)34(46-6)31(23)25/h12,14,18-19,21,24,27,32,43H,7-11,13,15-17,20H2,1-6H3,(H,37,40)(H,38,41)/t21-,24?,27+,32+,36?/m1/s1. The van der Waals surface area contributed by atoms with Gasteiger partial charge >= 0.3 is 0 Å². The van der Waals surface area contributed by atoms with E-state index in [2.05, 4.69) is 10.6 Å². The molecule has 0 spiro atoms. The van der Waals surface area contributed by atoms with Crippen molar-refractivity contribution in [1.82, 2.24) is 10.2 Å². The summed E-state index contributed by atoms with van der Waals surface area (Å²) in [4.78, 5) is 42.3. The number of hydrogen-bond donors (Lipinski definition) is 3. The molecule has 0 radical (unpaired) electrons. The SMILES string of the molecule is CC[C@@H](C)[C@H](Nc1ccc2c(cc1=O)[C@@H](NC(C)=O)CCc1cc(OC)c(OC)c(OC)c1-2)C(=O)N1CCC2(O)CCCCC2C1. The number of ether oxygens (including phenoxy) is 3. The molecular formula is C36H49N3O7. The predicted octanol–water partition coefficient (Wildman–Crippen LogP) is 4.84. The van der Waals surface area contributed by atoms with E-state index < -0.39 is 17.7 Å². The van der Waals surface area contributed by atoms with Gasteiger partial charge in [-0.3, -0.25) is 14.4 Å². The molecule has 5 rings (SSSR count). The molecular weight excluding hydrogens is 586 g/mol. The Balaban J connectivity index is 1.57. The molecule has 3 aliphatic rings. The Morgan fingerprint density at radius 3 is 2.50 bits per heavy atom. The molecule has 1 aliphatic heterocycles. The molecule has 0 bridgehead atoms. The van der Waals surface area contributed by atoms with Gasteiger partial charge in [-0.2, -0.15) is 0 Å². The van der Waals surface area contributed by atoms with E-state index in [9.17, 15) is 19.5 Å². The number of benzene rings is 1. The first kappa shape index (κ1) is 33.6. The van der Waals surface area contributed by atoms with Gasteiger partial charge in [0.2, 0.25) is 23.0 Å². The number of methoxy groups -OCH3 is 3. The number of aliphatic hydroxyl groups is 1. The third-order valence-corrected chi connectivity index (χ3v) is 10.4. The van der Waals surface area contributed by atoms with Gasteiger partial charge in [-0.15, -0.1) is 0 Å². The Morgan fingerprint density at radius 2 is 1.83 bits per heavy atom. The molecule has 2 unspecified atom stereocenters. The van der Waals surface area contributed by atoms with Crippen molar-refractivity contribution >= 4 is 17.5 Å². The Bertz CT molecular complexity index is 1530. The quantitative estimate of drug-likeness (QED) is 0.357. The predicted molar refractivity (Wildman–Crippen MR) is 178 cm³/mol. The number of carbonyl (C=O) groups excluding carboxylic acids is 2. The zero-order valence-electron chi connectivity index (χ0n) is 28.0. The van der Waals surface area contributed by atoms with Crippen LogP contribution in [-0.4, -0.2) is 67.9 Å². The van der Waals surface area contributed by atoms with Crippen molar-refractivity contribution in [3.8, 4) is 28.4 Å². The fraction of sp³-hybridized carbons (Fsp3) is 0.583. The first-order valence-electron chi connectivity index (χ1n) is 16.6. The van der Waals surface area contributed by atoms with E-state index in [1.165, 1.54) is 6.92 Å². The highest BCUT2D eigenvalue weighted by Gasteiger charge is 2.45. The third-order valence-electron chi connectivity index (χ3n) is 10.4. The molecule has 10 nitrogen and oxygen atoms in total. The van der Waals surface area contributed by atoms with Crippen molar-refractivity contribution < 1.29 is 28.9 Å². The molecule has 0 aromatic heterocycles. The summed E-state index contributed by atoms with van der Waals surface area (Å²) < 4.78 is 17.2. The number of carbonyl (C=O) groups is 2. The number of nitrogens with one attached hydrogen (secondary N) is 2. The fourth-order valence-corrected chi connectivity index (χ4v) is 7.65. The Kier molecular flexibility index (Phi) is 10.2. The lowest BCUT2D eigenvalue weighted by atomic mass is 9.71. The van der Waals surface area contributed by atoms with Crippen molar-refractivity contribution in [2.24, 2.45) is 11.8 Å². The average molecular weight is 636 g/mol. The van der Waals surface area contributed by atoms with Crippen LogP contribution < -0.4 is 30.3 Å². The fourth-order valence-electron chi connectivity index (χ4n) is 7.65. The lowest BCUT2D eigenvalue weighted by molar-refractivity contribution is -0.145. The van der Waals surface area contributed by atoms with Crippen LogP contribution in [0.2, 0.25) is 0 Å². The second kappa shape index (κ2) is 13.9. The monoisotopic (exact) mass is 635 g/mol. The van der Waals surface area contributed by atoms with E-state index >= 15 is 0 Å². The number of fused-ring (bicyclic) bond motifs is 4. The first-order chi connectivity index (χ1) is 22.0. The number of likely N-dealkylation sites (tertiary alicyclic amines) is 1. The Labute approximate surface area is 271 Å². The van der Waals surface area contributed by atoms with Crippen molar-refractivity contribution in [2.75, 3.05) is 39.7 Å². The van der Waals surface area contributed by atoms with Crippen LogP contribution in [0.15, 0.2) is 29.1 Å². The molecule has 5 atom stereocenters. The van der Waals surface area contributed by atoms with Crippen LogP contribution in [0.4, 0.5) is 5.69 Å². The zero-order valence-corrected chi connectivity index (χ0v) is 28.0. The van der Waals surface area contributed by atoms with Gasteiger partial charge in [0.15, 0.2) is 11.5 Å². The molecule has 2 aromatic carbocycles. The van der Waals surface area contributed by atoms with Gasteiger partial charge in [-0.25, -0.2) is 0 Å². The summed E-state index contributed by atoms with van der Waals surface area (Å²) in [6.07, 6.45) is 6.29. The van der Waals surface area contributed by atoms with Gasteiger partial charge in [-0.1, -0.05) is 39.2 Å². The van der Waals surface area contributed by atoms with E-state index in [0.717, 1.165) is 48.8 Å². The molecule has 46 heavy (non-hydrogen) atoms. The van der Waals surface area contributed by atoms with Gasteiger partial charge < -0.3 is 34.9 Å². The highest BCUT2D eigenvalue weighted by atomic mass is 16.5. The van der Waals surface area contributed by atoms with Crippen LogP contribution in [0.5, 0.6) is 17.2 Å². The van der Waals surface area contributed by atoms with Crippen LogP contribution in [0.25, 0.3) is 11.1 Å². The molecule has 2 aliphatic carbocycles. The molecule has 250 valence electrons. The molecule has 1 heterocycles. The highest BCUT2D eigenvalue weighted by Crippen LogP contribution is 2.50. The second-order valence-corrected chi connectivity index (χ2v) is 13.2. The summed E-state index contributed by atoms with van der Waals surface area (Å²) in [5.41, 5.74) is 2.45. The number of piperidine rings is 1. The van der Waals surface area contributed by atoms with Crippen molar-refractivity contribution in [3.63, 3.8) is 0 Å². The molecule has 2 aromatic rings. The third kappa shape index (κ3) is 6.41. The number of anilines is 1. The number of rotatable bonds is 9. The van der Waals surface area contributed by atoms with Crippen LogP contribution in [-0.2, 0) is 16.0 Å². The minimum absolute atomic E-state index is 0.0468. The maximum atomic E-state index is 14.1. The lowest BCUT2D eigenvalue weighted by Gasteiger charge is -2.48. The highest BCUT2D eigenvalue weighted by molar-refractivity contribution is 5.86. The van der Waals surface area contributed by atoms with E-state index in [0.29, 0.717) is 60.9 Å².